The van der Waals surface area contributed by atoms with Crippen molar-refractivity contribution in [3.63, 3.8) is 0 Å². The molecule has 0 radical (unpaired) electrons. The summed E-state index contributed by atoms with van der Waals surface area (Å²) in [4.78, 5) is 0. The summed E-state index contributed by atoms with van der Waals surface area (Å²) in [5, 5.41) is 1.23. The van der Waals surface area contributed by atoms with Gasteiger partial charge in [-0.15, -0.1) is 0 Å². The molecule has 1 aromatic rings. The van der Waals surface area contributed by atoms with Crippen molar-refractivity contribution in [3.05, 3.63) is 36.4 Å². The van der Waals surface area contributed by atoms with E-state index in [4.69, 9.17) is 15.8 Å². The predicted octanol–water partition coefficient (Wildman–Crippen LogP) is 4.98. The lowest BCUT2D eigenvalue weighted by molar-refractivity contribution is 0.354. The van der Waals surface area contributed by atoms with Crippen LogP contribution in [0.1, 0.15) is 40.2 Å². The van der Waals surface area contributed by atoms with Crippen LogP contribution in [0, 0.1) is 0 Å². The van der Waals surface area contributed by atoms with E-state index in [1.54, 1.807) is 6.08 Å². The summed E-state index contributed by atoms with van der Waals surface area (Å²) in [6.07, 6.45) is 1.79. The largest absolute Gasteiger partial charge is 0.489 e. The summed E-state index contributed by atoms with van der Waals surface area (Å²) < 4.78 is 6.03. The Balaban J connectivity index is 3.47. The van der Waals surface area contributed by atoms with Gasteiger partial charge in [0.25, 0.3) is 0 Å². The summed E-state index contributed by atoms with van der Waals surface area (Å²) in [5.74, 6) is 0.991. The van der Waals surface area contributed by atoms with E-state index in [9.17, 15) is 0 Å². The standard InChI is InChI=1S/C17H27ClOSi/c1-7-13-19-16-14(17(4,5)6)11-10-12-15(16)20(18,8-2)9-3/h7,10-12H,1,8-9,13H2,2-6H3. The van der Waals surface area contributed by atoms with E-state index in [0.717, 1.165) is 17.8 Å². The number of rotatable bonds is 6. The fourth-order valence-corrected chi connectivity index (χ4v) is 5.13. The van der Waals surface area contributed by atoms with Crippen LogP contribution in [-0.2, 0) is 5.41 Å². The van der Waals surface area contributed by atoms with Crippen LogP contribution in [0.25, 0.3) is 0 Å². The van der Waals surface area contributed by atoms with Gasteiger partial charge in [-0.05, 0) is 28.3 Å². The van der Waals surface area contributed by atoms with Crippen molar-refractivity contribution in [2.24, 2.45) is 0 Å². The van der Waals surface area contributed by atoms with Crippen molar-refractivity contribution in [1.29, 1.82) is 0 Å². The number of benzene rings is 1. The van der Waals surface area contributed by atoms with E-state index in [1.807, 2.05) is 0 Å². The van der Waals surface area contributed by atoms with Crippen LogP contribution in [0.4, 0.5) is 0 Å². The minimum Gasteiger partial charge on any atom is -0.489 e. The van der Waals surface area contributed by atoms with E-state index < -0.39 is 7.38 Å². The molecule has 0 aliphatic carbocycles. The maximum atomic E-state index is 6.97. The van der Waals surface area contributed by atoms with Gasteiger partial charge >= 0.3 is 0 Å². The zero-order valence-electron chi connectivity index (χ0n) is 13.4. The lowest BCUT2D eigenvalue weighted by atomic mass is 9.86. The lowest BCUT2D eigenvalue weighted by Crippen LogP contribution is -2.42. The molecule has 0 N–H and O–H groups in total. The van der Waals surface area contributed by atoms with Crippen molar-refractivity contribution in [2.75, 3.05) is 6.61 Å². The first-order valence-electron chi connectivity index (χ1n) is 7.36. The molecule has 0 spiro atoms. The second kappa shape index (κ2) is 6.82. The molecule has 0 bridgehead atoms. The number of halogens is 1. The molecule has 1 nitrogen and oxygen atoms in total. The van der Waals surface area contributed by atoms with Gasteiger partial charge in [-0.1, -0.05) is 65.5 Å². The summed E-state index contributed by atoms with van der Waals surface area (Å²) in [6.45, 7) is 15.3. The van der Waals surface area contributed by atoms with Gasteiger partial charge in [0.05, 0.1) is 0 Å². The molecule has 20 heavy (non-hydrogen) atoms. The summed E-state index contributed by atoms with van der Waals surface area (Å²) in [5.41, 5.74) is 1.27. The van der Waals surface area contributed by atoms with Crippen LogP contribution in [0.15, 0.2) is 30.9 Å². The zero-order valence-corrected chi connectivity index (χ0v) is 15.2. The molecule has 0 atom stereocenters. The maximum Gasteiger partial charge on any atom is 0.190 e. The van der Waals surface area contributed by atoms with E-state index in [-0.39, 0.29) is 5.41 Å². The number of hydrogen-bond acceptors (Lipinski definition) is 1. The van der Waals surface area contributed by atoms with Gasteiger partial charge in [-0.3, -0.25) is 0 Å². The third-order valence-electron chi connectivity index (χ3n) is 3.77. The third-order valence-corrected chi connectivity index (χ3v) is 9.59. The molecule has 0 fully saturated rings. The van der Waals surface area contributed by atoms with Gasteiger partial charge in [0, 0.05) is 0 Å². The Morgan fingerprint density at radius 3 is 2.30 bits per heavy atom. The average molecular weight is 311 g/mol. The molecule has 0 unspecified atom stereocenters. The van der Waals surface area contributed by atoms with Gasteiger partial charge in [-0.2, -0.15) is 11.1 Å². The summed E-state index contributed by atoms with van der Waals surface area (Å²) in [6, 6.07) is 8.46. The second-order valence-corrected chi connectivity index (χ2v) is 12.3. The highest BCUT2D eigenvalue weighted by Crippen LogP contribution is 2.34. The highest BCUT2D eigenvalue weighted by Gasteiger charge is 2.34. The zero-order chi connectivity index (χ0) is 15.4. The molecule has 0 aliphatic rings. The topological polar surface area (TPSA) is 9.23 Å². The molecule has 0 saturated heterocycles. The first-order valence-corrected chi connectivity index (χ1v) is 10.8. The van der Waals surface area contributed by atoms with Crippen LogP contribution >= 0.6 is 11.1 Å². The fourth-order valence-electron chi connectivity index (χ4n) is 2.41. The molecule has 0 saturated carbocycles. The molecule has 112 valence electrons. The lowest BCUT2D eigenvalue weighted by Gasteiger charge is -2.29. The molecule has 1 rings (SSSR count). The smallest absolute Gasteiger partial charge is 0.190 e. The molecule has 0 amide bonds. The minimum atomic E-state index is -1.97. The van der Waals surface area contributed by atoms with Crippen LogP contribution in [0.2, 0.25) is 12.1 Å². The number of para-hydroxylation sites is 1. The molecule has 1 aromatic carbocycles. The van der Waals surface area contributed by atoms with Crippen molar-refractivity contribution in [3.8, 4) is 5.75 Å². The van der Waals surface area contributed by atoms with Crippen LogP contribution < -0.4 is 9.92 Å². The molecule has 0 aromatic heterocycles. The number of ether oxygens (including phenoxy) is 1. The number of hydrogen-bond donors (Lipinski definition) is 0. The van der Waals surface area contributed by atoms with Crippen molar-refractivity contribution in [1.82, 2.24) is 0 Å². The Hall–Kier alpha value is -0.733. The highest BCUT2D eigenvalue weighted by molar-refractivity contribution is 7.27. The normalized spacial score (nSPS) is 12.3. The van der Waals surface area contributed by atoms with Gasteiger partial charge < -0.3 is 4.74 Å². The SMILES string of the molecule is C=CCOc1c(C(C)(C)C)cccc1[Si](Cl)(CC)CC. The van der Waals surface area contributed by atoms with E-state index in [1.165, 1.54) is 10.8 Å². The van der Waals surface area contributed by atoms with Crippen LogP contribution in [0.3, 0.4) is 0 Å². The Kier molecular flexibility index (Phi) is 5.90. The minimum absolute atomic E-state index is 0.0419. The van der Waals surface area contributed by atoms with Gasteiger partial charge in [-0.25, -0.2) is 0 Å². The first-order chi connectivity index (χ1) is 9.30. The fraction of sp³-hybridized carbons (Fsp3) is 0.529. The van der Waals surface area contributed by atoms with E-state index in [0.29, 0.717) is 6.61 Å². The van der Waals surface area contributed by atoms with Crippen molar-refractivity contribution < 1.29 is 4.74 Å². The predicted molar refractivity (Wildman–Crippen MR) is 93.0 cm³/mol. The van der Waals surface area contributed by atoms with Crippen molar-refractivity contribution in [2.45, 2.75) is 52.1 Å². The van der Waals surface area contributed by atoms with Gasteiger partial charge in [0.1, 0.15) is 12.4 Å². The second-order valence-electron chi connectivity index (χ2n) is 6.20. The molecule has 3 heteroatoms. The average Bonchev–Trinajstić information content (AvgIpc) is 2.42. The Bertz CT molecular complexity index is 459. The maximum absolute atomic E-state index is 6.97. The van der Waals surface area contributed by atoms with Gasteiger partial charge in [0.2, 0.25) is 0 Å². The van der Waals surface area contributed by atoms with E-state index in [2.05, 4.69) is 59.4 Å². The summed E-state index contributed by atoms with van der Waals surface area (Å²) in [7, 11) is -1.97. The van der Waals surface area contributed by atoms with Crippen LogP contribution in [-0.4, -0.2) is 14.0 Å². The van der Waals surface area contributed by atoms with Crippen LogP contribution in [0.5, 0.6) is 5.75 Å². The monoisotopic (exact) mass is 310 g/mol. The van der Waals surface area contributed by atoms with Crippen molar-refractivity contribution >= 4 is 23.6 Å². The van der Waals surface area contributed by atoms with E-state index >= 15 is 0 Å². The summed E-state index contributed by atoms with van der Waals surface area (Å²) >= 11 is 6.97. The Morgan fingerprint density at radius 2 is 1.85 bits per heavy atom. The molecule has 0 heterocycles. The third kappa shape index (κ3) is 3.67. The highest BCUT2D eigenvalue weighted by atomic mass is 35.6. The molecular weight excluding hydrogens is 284 g/mol. The molecular formula is C17H27ClOSi. The first kappa shape index (κ1) is 17.3. The molecule has 0 aliphatic heterocycles. The quantitative estimate of drug-likeness (QED) is 0.409. The Labute approximate surface area is 129 Å². The van der Waals surface area contributed by atoms with Gasteiger partial charge in [0.15, 0.2) is 7.38 Å². The Morgan fingerprint density at radius 1 is 1.25 bits per heavy atom.